The highest BCUT2D eigenvalue weighted by Crippen LogP contribution is 2.31. The van der Waals surface area contributed by atoms with E-state index < -0.39 is 0 Å². The van der Waals surface area contributed by atoms with E-state index in [2.05, 4.69) is 0 Å². The van der Waals surface area contributed by atoms with Crippen molar-refractivity contribution in [2.45, 2.75) is 13.0 Å². The maximum absolute atomic E-state index is 12.7. The molecule has 0 aliphatic carbocycles. The minimum Gasteiger partial charge on any atom is -0.486 e. The summed E-state index contributed by atoms with van der Waals surface area (Å²) in [4.78, 5) is 14.4. The standard InChI is InChI=1S/C18H17Cl2NO3/c1-2-21(18(22)12-7-13(19)9-14(20)8-12)10-15-11-23-16-5-3-4-6-17(16)24-15/h3-9,15H,2,10-11H2,1H3. The SMILES string of the molecule is CCN(CC1COc2ccccc2O1)C(=O)c1cc(Cl)cc(Cl)c1. The van der Waals surface area contributed by atoms with Crippen LogP contribution in [0.1, 0.15) is 17.3 Å². The van der Waals surface area contributed by atoms with Gasteiger partial charge in [-0.25, -0.2) is 0 Å². The van der Waals surface area contributed by atoms with Crippen LogP contribution in [0.5, 0.6) is 11.5 Å². The highest BCUT2D eigenvalue weighted by atomic mass is 35.5. The molecule has 0 aromatic heterocycles. The highest BCUT2D eigenvalue weighted by molar-refractivity contribution is 6.35. The zero-order valence-corrected chi connectivity index (χ0v) is 14.7. The number of carbonyl (C=O) groups is 1. The Morgan fingerprint density at radius 2 is 1.83 bits per heavy atom. The lowest BCUT2D eigenvalue weighted by atomic mass is 10.2. The first-order valence-corrected chi connectivity index (χ1v) is 8.46. The molecule has 0 spiro atoms. The van der Waals surface area contributed by atoms with E-state index in [9.17, 15) is 4.79 Å². The quantitative estimate of drug-likeness (QED) is 0.810. The molecule has 4 nitrogen and oxygen atoms in total. The van der Waals surface area contributed by atoms with E-state index >= 15 is 0 Å². The third-order valence-corrected chi connectivity index (χ3v) is 4.21. The first-order valence-electron chi connectivity index (χ1n) is 7.70. The minimum absolute atomic E-state index is 0.135. The molecule has 1 aliphatic heterocycles. The summed E-state index contributed by atoms with van der Waals surface area (Å²) in [6.07, 6.45) is -0.224. The Morgan fingerprint density at radius 3 is 2.50 bits per heavy atom. The van der Waals surface area contributed by atoms with Crippen LogP contribution in [0.2, 0.25) is 10.0 Å². The molecule has 0 N–H and O–H groups in total. The fourth-order valence-electron chi connectivity index (χ4n) is 2.61. The minimum atomic E-state index is -0.224. The van der Waals surface area contributed by atoms with Gasteiger partial charge >= 0.3 is 0 Å². The number of benzene rings is 2. The molecule has 24 heavy (non-hydrogen) atoms. The first kappa shape index (κ1) is 16.9. The molecule has 2 aromatic carbocycles. The van der Waals surface area contributed by atoms with Gasteiger partial charge in [0.2, 0.25) is 0 Å². The molecule has 0 saturated carbocycles. The largest absolute Gasteiger partial charge is 0.486 e. The van der Waals surface area contributed by atoms with Crippen molar-refractivity contribution < 1.29 is 14.3 Å². The Morgan fingerprint density at radius 1 is 1.17 bits per heavy atom. The van der Waals surface area contributed by atoms with Crippen molar-refractivity contribution >= 4 is 29.1 Å². The Labute approximate surface area is 150 Å². The number of amides is 1. The molecule has 0 saturated heterocycles. The highest BCUT2D eigenvalue weighted by Gasteiger charge is 2.25. The summed E-state index contributed by atoms with van der Waals surface area (Å²) >= 11 is 12.0. The number of halogens is 2. The summed E-state index contributed by atoms with van der Waals surface area (Å²) in [6, 6.07) is 12.3. The van der Waals surface area contributed by atoms with Crippen molar-refractivity contribution in [1.82, 2.24) is 4.90 Å². The third-order valence-electron chi connectivity index (χ3n) is 3.77. The summed E-state index contributed by atoms with van der Waals surface area (Å²) in [6.45, 7) is 3.29. The van der Waals surface area contributed by atoms with Crippen molar-refractivity contribution in [3.63, 3.8) is 0 Å². The van der Waals surface area contributed by atoms with E-state index in [-0.39, 0.29) is 12.0 Å². The van der Waals surface area contributed by atoms with Gasteiger partial charge in [-0.15, -0.1) is 0 Å². The van der Waals surface area contributed by atoms with Crippen LogP contribution in [0.4, 0.5) is 0 Å². The topological polar surface area (TPSA) is 38.8 Å². The summed E-state index contributed by atoms with van der Waals surface area (Å²) in [7, 11) is 0. The second-order valence-corrected chi connectivity index (χ2v) is 6.37. The molecule has 0 bridgehead atoms. The molecule has 3 rings (SSSR count). The van der Waals surface area contributed by atoms with Crippen LogP contribution in [0.15, 0.2) is 42.5 Å². The number of ether oxygens (including phenoxy) is 2. The van der Waals surface area contributed by atoms with Crippen LogP contribution in [0.3, 0.4) is 0 Å². The van der Waals surface area contributed by atoms with Gasteiger partial charge in [-0.1, -0.05) is 35.3 Å². The number of nitrogens with zero attached hydrogens (tertiary/aromatic N) is 1. The van der Waals surface area contributed by atoms with E-state index in [0.717, 1.165) is 5.75 Å². The van der Waals surface area contributed by atoms with Gasteiger partial charge in [0.1, 0.15) is 6.61 Å². The van der Waals surface area contributed by atoms with Gasteiger partial charge < -0.3 is 14.4 Å². The van der Waals surface area contributed by atoms with Gasteiger partial charge in [-0.3, -0.25) is 4.79 Å². The van der Waals surface area contributed by atoms with E-state index in [1.54, 1.807) is 23.1 Å². The summed E-state index contributed by atoms with van der Waals surface area (Å²) < 4.78 is 11.6. The Hall–Kier alpha value is -1.91. The first-order chi connectivity index (χ1) is 11.6. The number of carbonyl (C=O) groups excluding carboxylic acids is 1. The third kappa shape index (κ3) is 3.77. The molecule has 6 heteroatoms. The van der Waals surface area contributed by atoms with Gasteiger partial charge in [0.15, 0.2) is 17.6 Å². The van der Waals surface area contributed by atoms with Crippen molar-refractivity contribution in [3.8, 4) is 11.5 Å². The molecule has 1 amide bonds. The van der Waals surface area contributed by atoms with E-state index in [1.807, 2.05) is 31.2 Å². The Balaban J connectivity index is 1.72. The normalized spacial score (nSPS) is 15.9. The molecule has 0 fully saturated rings. The van der Waals surface area contributed by atoms with Gasteiger partial charge in [0.25, 0.3) is 5.91 Å². The van der Waals surface area contributed by atoms with E-state index in [1.165, 1.54) is 0 Å². The van der Waals surface area contributed by atoms with Crippen molar-refractivity contribution in [1.29, 1.82) is 0 Å². The van der Waals surface area contributed by atoms with Crippen LogP contribution < -0.4 is 9.47 Å². The molecular weight excluding hydrogens is 349 g/mol. The number of para-hydroxylation sites is 2. The molecule has 1 atom stereocenters. The molecule has 0 radical (unpaired) electrons. The van der Waals surface area contributed by atoms with Gasteiger partial charge in [0, 0.05) is 22.2 Å². The Kier molecular flexibility index (Phi) is 5.17. The molecule has 1 aliphatic rings. The van der Waals surface area contributed by atoms with E-state index in [0.29, 0.717) is 41.1 Å². The van der Waals surface area contributed by atoms with Gasteiger partial charge in [0.05, 0.1) is 6.54 Å². The maximum atomic E-state index is 12.7. The Bertz CT molecular complexity index is 731. The van der Waals surface area contributed by atoms with E-state index in [4.69, 9.17) is 32.7 Å². The second kappa shape index (κ2) is 7.32. The predicted octanol–water partition coefficient (Wildman–Crippen LogP) is 4.30. The summed E-state index contributed by atoms with van der Waals surface area (Å²) in [5, 5.41) is 0.876. The second-order valence-electron chi connectivity index (χ2n) is 5.50. The average molecular weight is 366 g/mol. The molecule has 1 unspecified atom stereocenters. The van der Waals surface area contributed by atoms with Crippen LogP contribution >= 0.6 is 23.2 Å². The van der Waals surface area contributed by atoms with Crippen LogP contribution in [0.25, 0.3) is 0 Å². The lowest BCUT2D eigenvalue weighted by molar-refractivity contribution is 0.0475. The molecule has 2 aromatic rings. The number of rotatable bonds is 4. The van der Waals surface area contributed by atoms with Crippen molar-refractivity contribution in [2.75, 3.05) is 19.7 Å². The number of hydrogen-bond donors (Lipinski definition) is 0. The molecule has 126 valence electrons. The number of hydrogen-bond acceptors (Lipinski definition) is 3. The monoisotopic (exact) mass is 365 g/mol. The fraction of sp³-hybridized carbons (Fsp3) is 0.278. The average Bonchev–Trinajstić information content (AvgIpc) is 2.58. The van der Waals surface area contributed by atoms with Crippen molar-refractivity contribution in [3.05, 3.63) is 58.1 Å². The van der Waals surface area contributed by atoms with Crippen LogP contribution in [-0.4, -0.2) is 36.6 Å². The zero-order valence-electron chi connectivity index (χ0n) is 13.2. The van der Waals surface area contributed by atoms with Crippen LogP contribution in [-0.2, 0) is 0 Å². The van der Waals surface area contributed by atoms with Crippen LogP contribution in [0, 0.1) is 0 Å². The number of fused-ring (bicyclic) bond motifs is 1. The van der Waals surface area contributed by atoms with Gasteiger partial charge in [-0.05, 0) is 37.3 Å². The number of likely N-dealkylation sites (N-methyl/N-ethyl adjacent to an activating group) is 1. The predicted molar refractivity (Wildman–Crippen MR) is 94.4 cm³/mol. The van der Waals surface area contributed by atoms with Gasteiger partial charge in [-0.2, -0.15) is 0 Å². The molecular formula is C18H17Cl2NO3. The molecule has 1 heterocycles. The van der Waals surface area contributed by atoms with Crippen molar-refractivity contribution in [2.24, 2.45) is 0 Å². The lowest BCUT2D eigenvalue weighted by Gasteiger charge is -2.31. The zero-order chi connectivity index (χ0) is 17.1. The fourth-order valence-corrected chi connectivity index (χ4v) is 3.14. The summed E-state index contributed by atoms with van der Waals surface area (Å²) in [5.74, 6) is 1.29. The smallest absolute Gasteiger partial charge is 0.254 e. The summed E-state index contributed by atoms with van der Waals surface area (Å²) in [5.41, 5.74) is 0.464. The maximum Gasteiger partial charge on any atom is 0.254 e. The lowest BCUT2D eigenvalue weighted by Crippen LogP contribution is -2.43.